The summed E-state index contributed by atoms with van der Waals surface area (Å²) >= 11 is 3.01. The van der Waals surface area contributed by atoms with E-state index in [1.165, 1.54) is 22.7 Å². The summed E-state index contributed by atoms with van der Waals surface area (Å²) in [5.41, 5.74) is 0.630. The fourth-order valence-electron chi connectivity index (χ4n) is 2.00. The lowest BCUT2D eigenvalue weighted by molar-refractivity contribution is 0.0810. The Morgan fingerprint density at radius 3 is 1.40 bits per heavy atom. The summed E-state index contributed by atoms with van der Waals surface area (Å²) in [4.78, 5) is 34.7. The molecule has 1 aliphatic carbocycles. The Morgan fingerprint density at radius 1 is 0.750 bits per heavy atom. The van der Waals surface area contributed by atoms with Crippen LogP contribution in [0.15, 0.2) is 0 Å². The molecule has 0 amide bonds. The van der Waals surface area contributed by atoms with Gasteiger partial charge in [-0.2, -0.15) is 0 Å². The lowest BCUT2D eigenvalue weighted by Crippen LogP contribution is -2.20. The van der Waals surface area contributed by atoms with Crippen LogP contribution in [0.25, 0.3) is 9.75 Å². The van der Waals surface area contributed by atoms with Crippen LogP contribution in [0.3, 0.4) is 0 Å². The van der Waals surface area contributed by atoms with E-state index < -0.39 is 11.6 Å². The zero-order valence-corrected chi connectivity index (χ0v) is 13.3. The van der Waals surface area contributed by atoms with Gasteiger partial charge in [0.05, 0.1) is 19.8 Å². The summed E-state index contributed by atoms with van der Waals surface area (Å²) in [6, 6.07) is 0. The SMILES string of the molecule is CC(C)c1nc2c(s1)-c1sc(C(C)C)nc1C(=O)C2=O. The van der Waals surface area contributed by atoms with Crippen molar-refractivity contribution in [3.05, 3.63) is 21.4 Å². The van der Waals surface area contributed by atoms with Crippen LogP contribution < -0.4 is 0 Å². The van der Waals surface area contributed by atoms with Gasteiger partial charge in [0, 0.05) is 11.8 Å². The Morgan fingerprint density at radius 2 is 1.10 bits per heavy atom. The molecule has 104 valence electrons. The van der Waals surface area contributed by atoms with E-state index in [2.05, 4.69) is 9.97 Å². The summed E-state index contributed by atoms with van der Waals surface area (Å²) in [6.07, 6.45) is 0. The molecule has 6 heteroatoms. The number of fused-ring (bicyclic) bond motifs is 3. The first-order valence-corrected chi connectivity index (χ1v) is 8.14. The molecule has 2 heterocycles. The van der Waals surface area contributed by atoms with Gasteiger partial charge in [0.1, 0.15) is 11.4 Å². The number of carbonyl (C=O) groups is 2. The predicted octanol–water partition coefficient (Wildman–Crippen LogP) is 3.89. The number of rotatable bonds is 2. The average Bonchev–Trinajstić information content (AvgIpc) is 2.99. The summed E-state index contributed by atoms with van der Waals surface area (Å²) in [7, 11) is 0. The molecule has 4 nitrogen and oxygen atoms in total. The second-order valence-electron chi connectivity index (χ2n) is 5.43. The molecule has 0 fully saturated rings. The van der Waals surface area contributed by atoms with Gasteiger partial charge >= 0.3 is 0 Å². The molecule has 0 N–H and O–H groups in total. The molecule has 0 atom stereocenters. The van der Waals surface area contributed by atoms with E-state index >= 15 is 0 Å². The van der Waals surface area contributed by atoms with Crippen molar-refractivity contribution in [1.29, 1.82) is 0 Å². The van der Waals surface area contributed by atoms with Gasteiger partial charge in [0.15, 0.2) is 0 Å². The Bertz CT molecular complexity index is 663. The highest BCUT2D eigenvalue weighted by atomic mass is 32.1. The van der Waals surface area contributed by atoms with E-state index in [0.29, 0.717) is 11.4 Å². The van der Waals surface area contributed by atoms with Gasteiger partial charge in [0.25, 0.3) is 11.6 Å². The van der Waals surface area contributed by atoms with Crippen LogP contribution in [0.2, 0.25) is 0 Å². The monoisotopic (exact) mass is 306 g/mol. The highest BCUT2D eigenvalue weighted by Gasteiger charge is 2.37. The normalized spacial score (nSPS) is 14.1. The van der Waals surface area contributed by atoms with Crippen LogP contribution in [0.5, 0.6) is 0 Å². The van der Waals surface area contributed by atoms with Crippen LogP contribution in [0, 0.1) is 0 Å². The summed E-state index contributed by atoms with van der Waals surface area (Å²) in [5.74, 6) is -0.545. The minimum atomic E-state index is -0.517. The standard InChI is InChI=1S/C14H14N2O2S2/c1-5(2)13-15-7-9(17)10(18)8-12(11(7)19-13)20-14(16-8)6(3)4/h5-6H,1-4H3. The van der Waals surface area contributed by atoms with Crippen molar-refractivity contribution in [2.24, 2.45) is 0 Å². The van der Waals surface area contributed by atoms with Crippen molar-refractivity contribution in [2.45, 2.75) is 39.5 Å². The van der Waals surface area contributed by atoms with Crippen molar-refractivity contribution in [2.75, 3.05) is 0 Å². The van der Waals surface area contributed by atoms with E-state index in [9.17, 15) is 9.59 Å². The highest BCUT2D eigenvalue weighted by molar-refractivity contribution is 7.23. The summed E-state index contributed by atoms with van der Waals surface area (Å²) < 4.78 is 0. The maximum absolute atomic E-state index is 12.2. The maximum Gasteiger partial charge on any atom is 0.255 e. The predicted molar refractivity (Wildman–Crippen MR) is 80.1 cm³/mol. The number of Topliss-reactive ketones (excluding diaryl/α,β-unsaturated/α-hetero) is 2. The summed E-state index contributed by atoms with van der Waals surface area (Å²) in [6.45, 7) is 8.13. The van der Waals surface area contributed by atoms with E-state index in [1.54, 1.807) is 0 Å². The van der Waals surface area contributed by atoms with Crippen LogP contribution >= 0.6 is 22.7 Å². The summed E-state index contributed by atoms with van der Waals surface area (Å²) in [5, 5.41) is 1.78. The lowest BCUT2D eigenvalue weighted by atomic mass is 10.0. The van der Waals surface area contributed by atoms with E-state index in [0.717, 1.165) is 19.8 Å². The number of hydrogen-bond acceptors (Lipinski definition) is 6. The molecule has 0 radical (unpaired) electrons. The fraction of sp³-hybridized carbons (Fsp3) is 0.429. The number of nitrogens with zero attached hydrogens (tertiary/aromatic N) is 2. The molecule has 0 aromatic carbocycles. The van der Waals surface area contributed by atoms with Gasteiger partial charge in [-0.15, -0.1) is 22.7 Å². The van der Waals surface area contributed by atoms with Crippen molar-refractivity contribution in [1.82, 2.24) is 9.97 Å². The largest absolute Gasteiger partial charge is 0.283 e. The third kappa shape index (κ3) is 1.86. The van der Waals surface area contributed by atoms with Crippen molar-refractivity contribution >= 4 is 34.2 Å². The molecular formula is C14H14N2O2S2. The quantitative estimate of drug-likeness (QED) is 0.790. The van der Waals surface area contributed by atoms with Gasteiger partial charge in [-0.1, -0.05) is 27.7 Å². The number of thiazole rings is 2. The van der Waals surface area contributed by atoms with Crippen molar-refractivity contribution in [3.8, 4) is 9.75 Å². The number of aromatic nitrogens is 2. The van der Waals surface area contributed by atoms with Crippen molar-refractivity contribution in [3.63, 3.8) is 0 Å². The minimum absolute atomic E-state index is 0.245. The Balaban J connectivity index is 2.25. The molecule has 0 unspecified atom stereocenters. The van der Waals surface area contributed by atoms with Crippen molar-refractivity contribution < 1.29 is 9.59 Å². The fourth-order valence-corrected chi connectivity index (χ4v) is 4.26. The zero-order valence-electron chi connectivity index (χ0n) is 11.7. The first-order valence-electron chi connectivity index (χ1n) is 6.51. The first-order chi connectivity index (χ1) is 9.40. The third-order valence-electron chi connectivity index (χ3n) is 3.12. The maximum atomic E-state index is 12.2. The van der Waals surface area contributed by atoms with Crippen LogP contribution in [-0.4, -0.2) is 21.5 Å². The molecule has 0 saturated heterocycles. The van der Waals surface area contributed by atoms with Crippen LogP contribution in [-0.2, 0) is 0 Å². The van der Waals surface area contributed by atoms with Gasteiger partial charge in [0.2, 0.25) is 0 Å². The van der Waals surface area contributed by atoms with Crippen LogP contribution in [0.4, 0.5) is 0 Å². The molecule has 20 heavy (non-hydrogen) atoms. The van der Waals surface area contributed by atoms with Crippen LogP contribution in [0.1, 0.15) is 70.5 Å². The Labute approximate surface area is 124 Å². The van der Waals surface area contributed by atoms with E-state index in [1.807, 2.05) is 27.7 Å². The molecule has 1 aliphatic rings. The molecule has 2 aromatic heterocycles. The van der Waals surface area contributed by atoms with Gasteiger partial charge in [-0.3, -0.25) is 9.59 Å². The first kappa shape index (κ1) is 13.6. The van der Waals surface area contributed by atoms with E-state index in [-0.39, 0.29) is 11.8 Å². The lowest BCUT2D eigenvalue weighted by Gasteiger charge is -2.05. The second-order valence-corrected chi connectivity index (χ2v) is 7.49. The number of ketones is 2. The minimum Gasteiger partial charge on any atom is -0.283 e. The van der Waals surface area contributed by atoms with Gasteiger partial charge < -0.3 is 0 Å². The smallest absolute Gasteiger partial charge is 0.255 e. The molecule has 3 rings (SSSR count). The highest BCUT2D eigenvalue weighted by Crippen LogP contribution is 2.43. The van der Waals surface area contributed by atoms with Gasteiger partial charge in [-0.05, 0) is 0 Å². The molecule has 0 saturated carbocycles. The Hall–Kier alpha value is -1.40. The molecule has 0 bridgehead atoms. The Kier molecular flexibility index (Phi) is 3.10. The topological polar surface area (TPSA) is 59.9 Å². The van der Waals surface area contributed by atoms with E-state index in [4.69, 9.17) is 0 Å². The second kappa shape index (κ2) is 4.56. The zero-order chi connectivity index (χ0) is 14.6. The molecule has 0 aliphatic heterocycles. The molecule has 2 aromatic rings. The third-order valence-corrected chi connectivity index (χ3v) is 5.99. The molecule has 0 spiro atoms. The molecular weight excluding hydrogens is 292 g/mol. The average molecular weight is 306 g/mol. The van der Waals surface area contributed by atoms with Gasteiger partial charge in [-0.25, -0.2) is 9.97 Å². The number of hydrogen-bond donors (Lipinski definition) is 0. The number of carbonyl (C=O) groups excluding carboxylic acids is 2.